The van der Waals surface area contributed by atoms with Gasteiger partial charge in [-0.3, -0.25) is 4.99 Å². The zero-order valence-corrected chi connectivity index (χ0v) is 14.4. The Morgan fingerprint density at radius 3 is 2.71 bits per heavy atom. The lowest BCUT2D eigenvalue weighted by atomic mass is 10.2. The molecule has 2 rings (SSSR count). The average molecular weight is 314 g/mol. The summed E-state index contributed by atoms with van der Waals surface area (Å²) < 4.78 is 5.88. The number of guanidine groups is 1. The Morgan fingerprint density at radius 1 is 1.24 bits per heavy atom. The summed E-state index contributed by atoms with van der Waals surface area (Å²) >= 11 is 1.99. The van der Waals surface area contributed by atoms with Crippen LogP contribution in [0.5, 0.6) is 0 Å². The lowest BCUT2D eigenvalue weighted by molar-refractivity contribution is 0.0574. The monoisotopic (exact) mass is 313 g/mol. The number of hydrogen-bond acceptors (Lipinski definition) is 3. The van der Waals surface area contributed by atoms with Crippen molar-refractivity contribution in [3.05, 3.63) is 0 Å². The summed E-state index contributed by atoms with van der Waals surface area (Å²) in [4.78, 5) is 4.32. The van der Waals surface area contributed by atoms with Crippen molar-refractivity contribution >= 4 is 17.7 Å². The molecule has 5 heteroatoms. The second-order valence-electron chi connectivity index (χ2n) is 6.14. The molecular weight excluding hydrogens is 282 g/mol. The Labute approximate surface area is 133 Å². The standard InChI is InChI=1S/C16H31N3OS/c1-17-16(19-13-8-9-15(12-13)21-2)18-10-5-11-20-14-6-3-4-7-14/h13-15H,3-12H2,1-2H3,(H2,17,18,19). The molecule has 0 aromatic rings. The zero-order chi connectivity index (χ0) is 14.9. The van der Waals surface area contributed by atoms with Crippen LogP contribution in [0.1, 0.15) is 51.4 Å². The van der Waals surface area contributed by atoms with Crippen molar-refractivity contribution in [2.24, 2.45) is 4.99 Å². The van der Waals surface area contributed by atoms with E-state index in [2.05, 4.69) is 21.9 Å². The van der Waals surface area contributed by atoms with Crippen LogP contribution in [0.2, 0.25) is 0 Å². The SMILES string of the molecule is CN=C(NCCCOC1CCCC1)NC1CCC(SC)C1. The number of nitrogens with one attached hydrogen (secondary N) is 2. The third kappa shape index (κ3) is 6.07. The second-order valence-corrected chi connectivity index (χ2v) is 7.28. The van der Waals surface area contributed by atoms with Crippen LogP contribution in [0.4, 0.5) is 0 Å². The van der Waals surface area contributed by atoms with Crippen LogP contribution in [0.15, 0.2) is 4.99 Å². The second kappa shape index (κ2) is 9.57. The Kier molecular flexibility index (Phi) is 7.72. The van der Waals surface area contributed by atoms with Crippen molar-refractivity contribution in [2.75, 3.05) is 26.5 Å². The summed E-state index contributed by atoms with van der Waals surface area (Å²) in [6.07, 6.45) is 12.8. The highest BCUT2D eigenvalue weighted by molar-refractivity contribution is 7.99. The van der Waals surface area contributed by atoms with Crippen LogP contribution in [-0.4, -0.2) is 49.8 Å². The molecule has 2 N–H and O–H groups in total. The van der Waals surface area contributed by atoms with Crippen molar-refractivity contribution in [1.29, 1.82) is 0 Å². The van der Waals surface area contributed by atoms with Crippen LogP contribution in [0, 0.1) is 0 Å². The summed E-state index contributed by atoms with van der Waals surface area (Å²) in [7, 11) is 1.85. The molecule has 2 saturated carbocycles. The van der Waals surface area contributed by atoms with Gasteiger partial charge in [-0.05, 0) is 44.8 Å². The molecule has 0 saturated heterocycles. The van der Waals surface area contributed by atoms with Gasteiger partial charge in [0.2, 0.25) is 0 Å². The number of aliphatic imine (C=N–C) groups is 1. The number of thioether (sulfide) groups is 1. The molecule has 0 heterocycles. The quantitative estimate of drug-likeness (QED) is 0.431. The first-order valence-corrected chi connectivity index (χ1v) is 9.72. The average Bonchev–Trinajstić information content (AvgIpc) is 3.16. The van der Waals surface area contributed by atoms with Crippen LogP contribution in [0.3, 0.4) is 0 Å². The fourth-order valence-corrected chi connectivity index (χ4v) is 4.05. The molecule has 2 aliphatic carbocycles. The van der Waals surface area contributed by atoms with E-state index in [0.29, 0.717) is 12.1 Å². The molecule has 2 fully saturated rings. The predicted molar refractivity (Wildman–Crippen MR) is 92.3 cm³/mol. The highest BCUT2D eigenvalue weighted by atomic mass is 32.2. The summed E-state index contributed by atoms with van der Waals surface area (Å²) in [6.45, 7) is 1.80. The molecule has 21 heavy (non-hydrogen) atoms. The van der Waals surface area contributed by atoms with E-state index in [1.54, 1.807) is 0 Å². The maximum absolute atomic E-state index is 5.88. The van der Waals surface area contributed by atoms with Gasteiger partial charge >= 0.3 is 0 Å². The van der Waals surface area contributed by atoms with Gasteiger partial charge in [0.15, 0.2) is 5.96 Å². The third-order valence-electron chi connectivity index (χ3n) is 4.55. The molecule has 0 spiro atoms. The molecule has 4 nitrogen and oxygen atoms in total. The van der Waals surface area contributed by atoms with Gasteiger partial charge in [-0.1, -0.05) is 12.8 Å². The molecule has 0 aliphatic heterocycles. The lowest BCUT2D eigenvalue weighted by Gasteiger charge is -2.17. The van der Waals surface area contributed by atoms with Gasteiger partial charge in [0.25, 0.3) is 0 Å². The first-order chi connectivity index (χ1) is 10.3. The summed E-state index contributed by atoms with van der Waals surface area (Å²) in [5, 5.41) is 7.77. The minimum Gasteiger partial charge on any atom is -0.378 e. The normalized spacial score (nSPS) is 27.2. The molecular formula is C16H31N3OS. The van der Waals surface area contributed by atoms with Crippen molar-refractivity contribution in [3.63, 3.8) is 0 Å². The van der Waals surface area contributed by atoms with Gasteiger partial charge in [0.05, 0.1) is 6.10 Å². The molecule has 0 amide bonds. The summed E-state index contributed by atoms with van der Waals surface area (Å²) in [6, 6.07) is 0.586. The van der Waals surface area contributed by atoms with Crippen molar-refractivity contribution in [2.45, 2.75) is 68.8 Å². The Morgan fingerprint density at radius 2 is 2.05 bits per heavy atom. The van der Waals surface area contributed by atoms with Gasteiger partial charge in [0.1, 0.15) is 0 Å². The van der Waals surface area contributed by atoms with Crippen LogP contribution in [0.25, 0.3) is 0 Å². The van der Waals surface area contributed by atoms with E-state index in [0.717, 1.165) is 30.8 Å². The summed E-state index contributed by atoms with van der Waals surface area (Å²) in [5.41, 5.74) is 0. The van der Waals surface area contributed by atoms with E-state index in [1.807, 2.05) is 18.8 Å². The van der Waals surface area contributed by atoms with Gasteiger partial charge < -0.3 is 15.4 Å². The number of rotatable bonds is 7. The van der Waals surface area contributed by atoms with Gasteiger partial charge in [-0.2, -0.15) is 11.8 Å². The molecule has 0 aromatic heterocycles. The molecule has 2 atom stereocenters. The largest absolute Gasteiger partial charge is 0.378 e. The minimum absolute atomic E-state index is 0.532. The van der Waals surface area contributed by atoms with E-state index in [9.17, 15) is 0 Å². The van der Waals surface area contributed by atoms with E-state index < -0.39 is 0 Å². The number of hydrogen-bond donors (Lipinski definition) is 2. The van der Waals surface area contributed by atoms with E-state index in [1.165, 1.54) is 44.9 Å². The predicted octanol–water partition coefficient (Wildman–Crippen LogP) is 2.78. The minimum atomic E-state index is 0.532. The highest BCUT2D eigenvalue weighted by Crippen LogP contribution is 2.28. The van der Waals surface area contributed by atoms with E-state index >= 15 is 0 Å². The lowest BCUT2D eigenvalue weighted by Crippen LogP contribution is -2.43. The fraction of sp³-hybridized carbons (Fsp3) is 0.938. The smallest absolute Gasteiger partial charge is 0.191 e. The zero-order valence-electron chi connectivity index (χ0n) is 13.6. The molecule has 2 unspecified atom stereocenters. The third-order valence-corrected chi connectivity index (χ3v) is 5.65. The first-order valence-electron chi connectivity index (χ1n) is 8.43. The first kappa shape index (κ1) is 16.9. The molecule has 0 aromatic carbocycles. The maximum atomic E-state index is 5.88. The van der Waals surface area contributed by atoms with Crippen molar-refractivity contribution in [3.8, 4) is 0 Å². The Balaban J connectivity index is 1.53. The maximum Gasteiger partial charge on any atom is 0.191 e. The molecule has 0 radical (unpaired) electrons. The number of ether oxygens (including phenoxy) is 1. The Hall–Kier alpha value is -0.420. The number of nitrogens with zero attached hydrogens (tertiary/aromatic N) is 1. The fourth-order valence-electron chi connectivity index (χ4n) is 3.26. The topological polar surface area (TPSA) is 45.7 Å². The molecule has 0 bridgehead atoms. The van der Waals surface area contributed by atoms with Gasteiger partial charge in [-0.15, -0.1) is 0 Å². The van der Waals surface area contributed by atoms with Crippen LogP contribution >= 0.6 is 11.8 Å². The van der Waals surface area contributed by atoms with Crippen molar-refractivity contribution < 1.29 is 4.74 Å². The van der Waals surface area contributed by atoms with E-state index in [4.69, 9.17) is 4.74 Å². The van der Waals surface area contributed by atoms with Crippen LogP contribution < -0.4 is 10.6 Å². The van der Waals surface area contributed by atoms with Crippen LogP contribution in [-0.2, 0) is 4.74 Å². The molecule has 122 valence electrons. The highest BCUT2D eigenvalue weighted by Gasteiger charge is 2.24. The molecule has 2 aliphatic rings. The van der Waals surface area contributed by atoms with Gasteiger partial charge in [-0.25, -0.2) is 0 Å². The summed E-state index contributed by atoms with van der Waals surface area (Å²) in [5.74, 6) is 0.947. The van der Waals surface area contributed by atoms with Crippen molar-refractivity contribution in [1.82, 2.24) is 10.6 Å². The van der Waals surface area contributed by atoms with E-state index in [-0.39, 0.29) is 0 Å². The van der Waals surface area contributed by atoms with Gasteiger partial charge in [0, 0.05) is 31.5 Å². The Bertz CT molecular complexity index is 319.